The molecule has 1 aromatic carbocycles. The molecule has 0 amide bonds. The summed E-state index contributed by atoms with van der Waals surface area (Å²) in [5, 5.41) is 1.16. The van der Waals surface area contributed by atoms with Crippen molar-refractivity contribution in [3.8, 4) is 0 Å². The summed E-state index contributed by atoms with van der Waals surface area (Å²) in [7, 11) is 0. The molecule has 0 aliphatic carbocycles. The molecule has 0 saturated carbocycles. The van der Waals surface area contributed by atoms with E-state index in [-0.39, 0.29) is 22.2 Å². The molecule has 6 heteroatoms. The van der Waals surface area contributed by atoms with E-state index >= 15 is 0 Å². The quantitative estimate of drug-likeness (QED) is 0.601. The van der Waals surface area contributed by atoms with Crippen molar-refractivity contribution in [1.82, 2.24) is 0 Å². The molecule has 90 valence electrons. The number of esters is 1. The van der Waals surface area contributed by atoms with Crippen LogP contribution in [0.1, 0.15) is 17.3 Å². The van der Waals surface area contributed by atoms with Crippen LogP contribution < -0.4 is 0 Å². The van der Waals surface area contributed by atoms with E-state index in [0.717, 1.165) is 0 Å². The van der Waals surface area contributed by atoms with Crippen molar-refractivity contribution in [1.29, 1.82) is 0 Å². The average Bonchev–Trinajstić information content (AvgIpc) is 2.71. The first-order valence-electron chi connectivity index (χ1n) is 4.78. The highest BCUT2D eigenvalue weighted by Gasteiger charge is 2.21. The maximum atomic E-state index is 11.7. The van der Waals surface area contributed by atoms with Crippen LogP contribution in [0.25, 0.3) is 11.0 Å². The molecule has 0 N–H and O–H groups in total. The Balaban J connectivity index is 2.71. The van der Waals surface area contributed by atoms with Crippen LogP contribution in [0.2, 0.25) is 15.1 Å². The van der Waals surface area contributed by atoms with E-state index < -0.39 is 5.97 Å². The third-order valence-corrected chi connectivity index (χ3v) is 3.25. The second-order valence-electron chi connectivity index (χ2n) is 3.23. The molecule has 0 fully saturated rings. The minimum Gasteiger partial charge on any atom is -0.462 e. The van der Waals surface area contributed by atoms with Gasteiger partial charge >= 0.3 is 5.97 Å². The summed E-state index contributed by atoms with van der Waals surface area (Å²) in [6, 6.07) is 1.46. The lowest BCUT2D eigenvalue weighted by Crippen LogP contribution is -2.03. The van der Waals surface area contributed by atoms with Gasteiger partial charge in [-0.05, 0) is 13.0 Å². The largest absolute Gasteiger partial charge is 0.462 e. The maximum absolute atomic E-state index is 11.7. The summed E-state index contributed by atoms with van der Waals surface area (Å²) in [5.74, 6) is -0.522. The molecular weight excluding hydrogens is 286 g/mol. The van der Waals surface area contributed by atoms with Gasteiger partial charge in [-0.15, -0.1) is 0 Å². The van der Waals surface area contributed by atoms with Gasteiger partial charge in [0.25, 0.3) is 0 Å². The highest BCUT2D eigenvalue weighted by Crippen LogP contribution is 2.39. The minimum atomic E-state index is -0.522. The van der Waals surface area contributed by atoms with Gasteiger partial charge < -0.3 is 9.15 Å². The maximum Gasteiger partial charge on any atom is 0.342 e. The van der Waals surface area contributed by atoms with Crippen LogP contribution in [0.3, 0.4) is 0 Å². The van der Waals surface area contributed by atoms with Crippen LogP contribution in [-0.2, 0) is 4.74 Å². The first kappa shape index (κ1) is 12.6. The molecule has 0 radical (unpaired) electrons. The Labute approximate surface area is 112 Å². The van der Waals surface area contributed by atoms with E-state index in [1.54, 1.807) is 6.92 Å². The van der Waals surface area contributed by atoms with Gasteiger partial charge in [0.2, 0.25) is 0 Å². The van der Waals surface area contributed by atoms with Crippen molar-refractivity contribution >= 4 is 51.7 Å². The lowest BCUT2D eigenvalue weighted by molar-refractivity contribution is 0.0527. The van der Waals surface area contributed by atoms with Crippen molar-refractivity contribution in [2.75, 3.05) is 6.61 Å². The fourth-order valence-corrected chi connectivity index (χ4v) is 2.22. The van der Waals surface area contributed by atoms with Crippen LogP contribution in [-0.4, -0.2) is 12.6 Å². The fourth-order valence-electron chi connectivity index (χ4n) is 1.47. The van der Waals surface area contributed by atoms with Gasteiger partial charge in [-0.1, -0.05) is 34.8 Å². The molecule has 0 bridgehead atoms. The molecule has 1 heterocycles. The zero-order valence-corrected chi connectivity index (χ0v) is 11.0. The number of halogens is 3. The predicted octanol–water partition coefficient (Wildman–Crippen LogP) is 4.57. The number of furan rings is 1. The van der Waals surface area contributed by atoms with E-state index in [0.29, 0.717) is 16.0 Å². The zero-order chi connectivity index (χ0) is 12.6. The number of carbonyl (C=O) groups excluding carboxylic acids is 1. The summed E-state index contributed by atoms with van der Waals surface area (Å²) >= 11 is 17.9. The molecule has 0 spiro atoms. The van der Waals surface area contributed by atoms with Gasteiger partial charge in [-0.3, -0.25) is 0 Å². The van der Waals surface area contributed by atoms with E-state index in [4.69, 9.17) is 44.0 Å². The Kier molecular flexibility index (Phi) is 3.52. The van der Waals surface area contributed by atoms with Crippen molar-refractivity contribution in [2.24, 2.45) is 0 Å². The number of benzene rings is 1. The van der Waals surface area contributed by atoms with E-state index in [1.165, 1.54) is 12.3 Å². The number of hydrogen-bond donors (Lipinski definition) is 0. The van der Waals surface area contributed by atoms with Crippen LogP contribution in [0.5, 0.6) is 0 Å². The van der Waals surface area contributed by atoms with Crippen LogP contribution >= 0.6 is 34.8 Å². The van der Waals surface area contributed by atoms with Crippen LogP contribution in [0, 0.1) is 0 Å². The van der Waals surface area contributed by atoms with Crippen molar-refractivity contribution in [3.63, 3.8) is 0 Å². The van der Waals surface area contributed by atoms with Crippen LogP contribution in [0.15, 0.2) is 16.7 Å². The number of fused-ring (bicyclic) bond motifs is 1. The number of hydrogen-bond acceptors (Lipinski definition) is 3. The van der Waals surface area contributed by atoms with Crippen molar-refractivity contribution in [3.05, 3.63) is 33.0 Å². The molecule has 3 nitrogen and oxygen atoms in total. The van der Waals surface area contributed by atoms with E-state index in [9.17, 15) is 4.79 Å². The molecule has 1 aromatic heterocycles. The Morgan fingerprint density at radius 2 is 2.06 bits per heavy atom. The molecule has 2 aromatic rings. The molecule has 0 unspecified atom stereocenters. The van der Waals surface area contributed by atoms with E-state index in [2.05, 4.69) is 0 Å². The van der Waals surface area contributed by atoms with Gasteiger partial charge in [0.05, 0.1) is 27.1 Å². The lowest BCUT2D eigenvalue weighted by atomic mass is 10.2. The summed E-state index contributed by atoms with van der Waals surface area (Å²) < 4.78 is 10.1. The van der Waals surface area contributed by atoms with Gasteiger partial charge in [-0.25, -0.2) is 4.79 Å². The summed E-state index contributed by atoms with van der Waals surface area (Å²) in [4.78, 5) is 11.7. The third kappa shape index (κ3) is 2.10. The van der Waals surface area contributed by atoms with Crippen LogP contribution in [0.4, 0.5) is 0 Å². The highest BCUT2D eigenvalue weighted by molar-refractivity contribution is 6.48. The highest BCUT2D eigenvalue weighted by atomic mass is 35.5. The molecule has 17 heavy (non-hydrogen) atoms. The Hall–Kier alpha value is -0.900. The van der Waals surface area contributed by atoms with Gasteiger partial charge in [0, 0.05) is 0 Å². The molecule has 0 saturated heterocycles. The second kappa shape index (κ2) is 4.77. The number of carbonyl (C=O) groups is 1. The Bertz CT molecular complexity index is 589. The monoisotopic (exact) mass is 292 g/mol. The van der Waals surface area contributed by atoms with Gasteiger partial charge in [-0.2, -0.15) is 0 Å². The average molecular weight is 294 g/mol. The van der Waals surface area contributed by atoms with Gasteiger partial charge in [0.1, 0.15) is 11.8 Å². The molecule has 0 aliphatic rings. The minimum absolute atomic E-state index is 0.219. The SMILES string of the molecule is CCOC(=O)c1coc2c(Cl)cc(Cl)c(Cl)c12. The smallest absolute Gasteiger partial charge is 0.342 e. The standard InChI is InChI=1S/C11H7Cl3O3/c1-2-16-11(15)5-4-17-10-7(13)3-6(12)9(14)8(5)10/h3-4H,2H2,1H3. The first-order chi connectivity index (χ1) is 8.06. The van der Waals surface area contributed by atoms with Gasteiger partial charge in [0.15, 0.2) is 5.58 Å². The van der Waals surface area contributed by atoms with Crippen molar-refractivity contribution < 1.29 is 13.9 Å². The Morgan fingerprint density at radius 1 is 1.35 bits per heavy atom. The molecular formula is C11H7Cl3O3. The lowest BCUT2D eigenvalue weighted by Gasteiger charge is -2.02. The first-order valence-corrected chi connectivity index (χ1v) is 5.91. The topological polar surface area (TPSA) is 39.4 Å². The third-order valence-electron chi connectivity index (χ3n) is 2.19. The number of rotatable bonds is 2. The zero-order valence-electron chi connectivity index (χ0n) is 8.72. The molecule has 0 aliphatic heterocycles. The summed E-state index contributed by atoms with van der Waals surface area (Å²) in [6.07, 6.45) is 1.26. The molecule has 0 atom stereocenters. The summed E-state index contributed by atoms with van der Waals surface area (Å²) in [5.41, 5.74) is 0.542. The second-order valence-corrected chi connectivity index (χ2v) is 4.42. The predicted molar refractivity (Wildman–Crippen MR) is 67.2 cm³/mol. The van der Waals surface area contributed by atoms with Crippen molar-refractivity contribution in [2.45, 2.75) is 6.92 Å². The normalized spacial score (nSPS) is 10.8. The number of ether oxygens (including phenoxy) is 1. The fraction of sp³-hybridized carbons (Fsp3) is 0.182. The summed E-state index contributed by atoms with van der Waals surface area (Å²) in [6.45, 7) is 1.97. The Morgan fingerprint density at radius 3 is 2.71 bits per heavy atom. The molecule has 2 rings (SSSR count). The van der Waals surface area contributed by atoms with E-state index in [1.807, 2.05) is 0 Å².